The molecular formula is C25H27N3O2S. The van der Waals surface area contributed by atoms with Gasteiger partial charge < -0.3 is 10.2 Å². The highest BCUT2D eigenvalue weighted by Crippen LogP contribution is 2.37. The quantitative estimate of drug-likeness (QED) is 0.654. The Bertz CT molecular complexity index is 1140. The fourth-order valence-corrected chi connectivity index (χ4v) is 4.74. The summed E-state index contributed by atoms with van der Waals surface area (Å²) in [5.74, 6) is -0.000711. The molecule has 1 unspecified atom stereocenters. The average molecular weight is 434 g/mol. The maximum Gasteiger partial charge on any atom is 0.247 e. The standard InChI is InChI=1S/C25H27N3O2S/c1-16-10-11-20-18(12-16)13-19-22(23(30)27-25(2,3)4)28(14-17-8-6-5-7-9-17)21(29)15-31-24(19)26-20/h5-13,22H,14-15H2,1-4H3,(H,27,30). The number of hydrogen-bond acceptors (Lipinski definition) is 4. The summed E-state index contributed by atoms with van der Waals surface area (Å²) in [6.07, 6.45) is 0. The molecule has 5 nitrogen and oxygen atoms in total. The van der Waals surface area contributed by atoms with Crippen molar-refractivity contribution in [3.63, 3.8) is 0 Å². The van der Waals surface area contributed by atoms with Gasteiger partial charge in [-0.3, -0.25) is 9.59 Å². The lowest BCUT2D eigenvalue weighted by Gasteiger charge is -2.32. The van der Waals surface area contributed by atoms with Gasteiger partial charge in [0.1, 0.15) is 11.1 Å². The summed E-state index contributed by atoms with van der Waals surface area (Å²) < 4.78 is 0. The van der Waals surface area contributed by atoms with Crippen LogP contribution in [0.15, 0.2) is 59.6 Å². The second kappa shape index (κ2) is 8.35. The first-order valence-corrected chi connectivity index (χ1v) is 11.4. The van der Waals surface area contributed by atoms with Gasteiger partial charge in [0, 0.05) is 23.0 Å². The topological polar surface area (TPSA) is 62.3 Å². The summed E-state index contributed by atoms with van der Waals surface area (Å²) in [6, 6.07) is 17.2. The van der Waals surface area contributed by atoms with Gasteiger partial charge in [-0.25, -0.2) is 4.98 Å². The van der Waals surface area contributed by atoms with E-state index in [-0.39, 0.29) is 17.6 Å². The van der Waals surface area contributed by atoms with Crippen LogP contribution in [0.4, 0.5) is 0 Å². The van der Waals surface area contributed by atoms with Crippen LogP contribution in [-0.2, 0) is 16.1 Å². The maximum absolute atomic E-state index is 13.5. The third kappa shape index (κ3) is 4.74. The number of rotatable bonds is 3. The molecule has 0 saturated carbocycles. The number of nitrogens with zero attached hydrogens (tertiary/aromatic N) is 2. The zero-order chi connectivity index (χ0) is 22.2. The fourth-order valence-electron chi connectivity index (χ4n) is 3.81. The molecule has 2 heterocycles. The molecule has 2 aromatic carbocycles. The molecular weight excluding hydrogens is 406 g/mol. The molecule has 0 spiro atoms. The van der Waals surface area contributed by atoms with E-state index in [9.17, 15) is 9.59 Å². The van der Waals surface area contributed by atoms with E-state index in [1.807, 2.05) is 76.2 Å². The monoisotopic (exact) mass is 433 g/mol. The highest BCUT2D eigenvalue weighted by molar-refractivity contribution is 8.00. The number of benzene rings is 2. The molecule has 0 aliphatic carbocycles. The highest BCUT2D eigenvalue weighted by Gasteiger charge is 2.37. The third-order valence-corrected chi connectivity index (χ3v) is 6.16. The van der Waals surface area contributed by atoms with E-state index in [4.69, 9.17) is 4.98 Å². The third-order valence-electron chi connectivity index (χ3n) is 5.16. The number of amides is 2. The van der Waals surface area contributed by atoms with Crippen LogP contribution in [-0.4, -0.2) is 33.0 Å². The van der Waals surface area contributed by atoms with E-state index < -0.39 is 11.6 Å². The van der Waals surface area contributed by atoms with Gasteiger partial charge in [0.15, 0.2) is 0 Å². The number of hydrogen-bond donors (Lipinski definition) is 1. The summed E-state index contributed by atoms with van der Waals surface area (Å²) in [5, 5.41) is 4.80. The van der Waals surface area contributed by atoms with Crippen LogP contribution in [0.1, 0.15) is 43.5 Å². The molecule has 1 N–H and O–H groups in total. The SMILES string of the molecule is Cc1ccc2nc3c(cc2c1)C(C(=O)NC(C)(C)C)N(Cc1ccccc1)C(=O)CS3. The van der Waals surface area contributed by atoms with Crippen molar-refractivity contribution < 1.29 is 9.59 Å². The van der Waals surface area contributed by atoms with Crippen LogP contribution in [0.3, 0.4) is 0 Å². The largest absolute Gasteiger partial charge is 0.349 e. The Labute approximate surface area is 187 Å². The van der Waals surface area contributed by atoms with Gasteiger partial charge in [0.2, 0.25) is 11.8 Å². The zero-order valence-corrected chi connectivity index (χ0v) is 19.1. The summed E-state index contributed by atoms with van der Waals surface area (Å²) in [7, 11) is 0. The molecule has 1 atom stereocenters. The normalized spacial score (nSPS) is 16.7. The molecule has 0 radical (unpaired) electrons. The molecule has 31 heavy (non-hydrogen) atoms. The molecule has 1 aliphatic rings. The lowest BCUT2D eigenvalue weighted by molar-refractivity contribution is -0.140. The molecule has 6 heteroatoms. The first-order chi connectivity index (χ1) is 14.7. The fraction of sp³-hybridized carbons (Fsp3) is 0.320. The Morgan fingerprint density at radius 3 is 2.61 bits per heavy atom. The summed E-state index contributed by atoms with van der Waals surface area (Å²) >= 11 is 1.41. The van der Waals surface area contributed by atoms with E-state index in [1.54, 1.807) is 4.90 Å². The van der Waals surface area contributed by atoms with Crippen LogP contribution in [0.2, 0.25) is 0 Å². The first kappa shape index (κ1) is 21.4. The van der Waals surface area contributed by atoms with Crippen molar-refractivity contribution in [2.24, 2.45) is 0 Å². The highest BCUT2D eigenvalue weighted by atomic mass is 32.2. The number of fused-ring (bicyclic) bond motifs is 2. The Morgan fingerprint density at radius 1 is 1.16 bits per heavy atom. The Morgan fingerprint density at radius 2 is 1.90 bits per heavy atom. The predicted molar refractivity (Wildman–Crippen MR) is 125 cm³/mol. The van der Waals surface area contributed by atoms with Gasteiger partial charge in [-0.2, -0.15) is 0 Å². The van der Waals surface area contributed by atoms with E-state index in [1.165, 1.54) is 11.8 Å². The minimum atomic E-state index is -0.741. The van der Waals surface area contributed by atoms with E-state index in [2.05, 4.69) is 11.4 Å². The van der Waals surface area contributed by atoms with Crippen LogP contribution in [0, 0.1) is 6.92 Å². The van der Waals surface area contributed by atoms with Gasteiger partial charge >= 0.3 is 0 Å². The number of aromatic nitrogens is 1. The van der Waals surface area contributed by atoms with Gasteiger partial charge in [-0.15, -0.1) is 0 Å². The predicted octanol–water partition coefficient (Wildman–Crippen LogP) is 4.63. The number of carbonyl (C=O) groups excluding carboxylic acids is 2. The van der Waals surface area contributed by atoms with Crippen LogP contribution < -0.4 is 5.32 Å². The van der Waals surface area contributed by atoms with E-state index >= 15 is 0 Å². The number of carbonyl (C=O) groups is 2. The average Bonchev–Trinajstić information content (AvgIpc) is 2.83. The van der Waals surface area contributed by atoms with Crippen molar-refractivity contribution in [3.05, 3.63) is 71.3 Å². The molecule has 0 fully saturated rings. The van der Waals surface area contributed by atoms with Gasteiger partial charge in [0.05, 0.1) is 11.3 Å². The smallest absolute Gasteiger partial charge is 0.247 e. The number of pyridine rings is 1. The van der Waals surface area contributed by atoms with Crippen LogP contribution in [0.25, 0.3) is 10.9 Å². The second-order valence-electron chi connectivity index (χ2n) is 9.02. The summed E-state index contributed by atoms with van der Waals surface area (Å²) in [5.41, 5.74) is 3.35. The van der Waals surface area contributed by atoms with Crippen LogP contribution in [0.5, 0.6) is 0 Å². The Kier molecular flexibility index (Phi) is 5.75. The van der Waals surface area contributed by atoms with Crippen molar-refractivity contribution in [2.45, 2.75) is 50.8 Å². The zero-order valence-electron chi connectivity index (χ0n) is 18.3. The molecule has 4 rings (SSSR count). The molecule has 1 aliphatic heterocycles. The lowest BCUT2D eigenvalue weighted by atomic mass is 10.00. The van der Waals surface area contributed by atoms with Crippen molar-refractivity contribution in [1.82, 2.24) is 15.2 Å². The van der Waals surface area contributed by atoms with E-state index in [0.717, 1.165) is 32.6 Å². The number of aryl methyl sites for hydroxylation is 1. The van der Waals surface area contributed by atoms with Gasteiger partial charge in [-0.05, 0) is 51.5 Å². The molecule has 1 aromatic heterocycles. The molecule has 0 bridgehead atoms. The van der Waals surface area contributed by atoms with Crippen molar-refractivity contribution in [3.8, 4) is 0 Å². The minimum Gasteiger partial charge on any atom is -0.349 e. The second-order valence-corrected chi connectivity index (χ2v) is 9.98. The van der Waals surface area contributed by atoms with Crippen LogP contribution >= 0.6 is 11.8 Å². The first-order valence-electron chi connectivity index (χ1n) is 10.4. The lowest BCUT2D eigenvalue weighted by Crippen LogP contribution is -2.49. The molecule has 2 amide bonds. The Hall–Kier alpha value is -2.86. The van der Waals surface area contributed by atoms with E-state index in [0.29, 0.717) is 6.54 Å². The molecule has 0 saturated heterocycles. The number of nitrogens with one attached hydrogen (secondary N) is 1. The van der Waals surface area contributed by atoms with Gasteiger partial charge in [-0.1, -0.05) is 53.7 Å². The molecule has 3 aromatic rings. The summed E-state index contributed by atoms with van der Waals surface area (Å²) in [4.78, 5) is 33.3. The van der Waals surface area contributed by atoms with Crippen molar-refractivity contribution in [2.75, 3.05) is 5.75 Å². The van der Waals surface area contributed by atoms with Crippen molar-refractivity contribution in [1.29, 1.82) is 0 Å². The van der Waals surface area contributed by atoms with Crippen molar-refractivity contribution >= 4 is 34.5 Å². The minimum absolute atomic E-state index is 0.0684. The summed E-state index contributed by atoms with van der Waals surface area (Å²) in [6.45, 7) is 8.25. The maximum atomic E-state index is 13.5. The van der Waals surface area contributed by atoms with Gasteiger partial charge in [0.25, 0.3) is 0 Å². The molecule has 160 valence electrons. The number of thioether (sulfide) groups is 1. The Balaban J connectivity index is 1.86.